The Morgan fingerprint density at radius 1 is 1.05 bits per heavy atom. The van der Waals surface area contributed by atoms with Crippen LogP contribution in [0.15, 0.2) is 12.3 Å². The number of hydrogen-bond acceptors (Lipinski definition) is 3. The maximum absolute atomic E-state index is 4.75. The molecule has 110 valence electrons. The molecule has 0 amide bonds. The molecule has 3 rings (SSSR count). The molecule has 3 aromatic rings. The average molecular weight is 283 g/mol. The summed E-state index contributed by atoms with van der Waals surface area (Å²) in [6, 6.07) is 2.13. The molecule has 0 radical (unpaired) electrons. The molecule has 0 N–H and O–H groups in total. The molecule has 0 bridgehead atoms. The molecule has 0 aliphatic carbocycles. The van der Waals surface area contributed by atoms with E-state index >= 15 is 0 Å². The number of hydrogen-bond donors (Lipinski definition) is 0. The van der Waals surface area contributed by atoms with Gasteiger partial charge in [-0.15, -0.1) is 0 Å². The predicted molar refractivity (Wildman–Crippen MR) is 83.9 cm³/mol. The van der Waals surface area contributed by atoms with Crippen LogP contribution in [-0.2, 0) is 19.9 Å². The highest BCUT2D eigenvalue weighted by atomic mass is 15.3. The first-order chi connectivity index (χ1) is 10.0. The Morgan fingerprint density at radius 2 is 1.81 bits per heavy atom. The van der Waals surface area contributed by atoms with Crippen LogP contribution in [0.3, 0.4) is 0 Å². The van der Waals surface area contributed by atoms with Gasteiger partial charge in [0.05, 0.1) is 17.1 Å². The third-order valence-electron chi connectivity index (χ3n) is 3.98. The minimum atomic E-state index is 0.788. The van der Waals surface area contributed by atoms with Gasteiger partial charge in [0.15, 0.2) is 5.65 Å². The van der Waals surface area contributed by atoms with Crippen molar-refractivity contribution in [3.63, 3.8) is 0 Å². The molecule has 0 aliphatic rings. The lowest BCUT2D eigenvalue weighted by atomic mass is 10.1. The molecule has 0 aromatic carbocycles. The third-order valence-corrected chi connectivity index (χ3v) is 3.98. The Balaban J connectivity index is 2.26. The molecule has 5 heteroatoms. The fraction of sp³-hybridized carbons (Fsp3) is 0.438. The SMILES string of the molecule is CCc1c(C)nn(-c2cc3cn(C)nc3nc2C)c1CC. The van der Waals surface area contributed by atoms with Crippen molar-refractivity contribution in [1.29, 1.82) is 0 Å². The van der Waals surface area contributed by atoms with Crippen molar-refractivity contribution in [2.45, 2.75) is 40.5 Å². The lowest BCUT2D eigenvalue weighted by molar-refractivity contribution is 0.774. The molecule has 0 aliphatic heterocycles. The van der Waals surface area contributed by atoms with Gasteiger partial charge < -0.3 is 0 Å². The number of nitrogens with zero attached hydrogens (tertiary/aromatic N) is 5. The second-order valence-electron chi connectivity index (χ2n) is 5.44. The summed E-state index contributed by atoms with van der Waals surface area (Å²) in [7, 11) is 1.92. The highest BCUT2D eigenvalue weighted by Gasteiger charge is 2.16. The smallest absolute Gasteiger partial charge is 0.181 e. The molecule has 0 atom stereocenters. The average Bonchev–Trinajstić information content (AvgIpc) is 2.95. The van der Waals surface area contributed by atoms with Gasteiger partial charge in [-0.05, 0) is 38.3 Å². The van der Waals surface area contributed by atoms with Crippen LogP contribution in [0, 0.1) is 13.8 Å². The van der Waals surface area contributed by atoms with Crippen molar-refractivity contribution < 1.29 is 0 Å². The summed E-state index contributed by atoms with van der Waals surface area (Å²) in [6.45, 7) is 8.46. The Labute approximate surface area is 124 Å². The topological polar surface area (TPSA) is 48.5 Å². The van der Waals surface area contributed by atoms with E-state index in [2.05, 4.69) is 41.6 Å². The number of aromatic nitrogens is 5. The predicted octanol–water partition coefficient (Wildman–Crippen LogP) is 2.90. The van der Waals surface area contributed by atoms with Crippen LogP contribution in [0.1, 0.15) is 36.5 Å². The quantitative estimate of drug-likeness (QED) is 0.742. The van der Waals surface area contributed by atoms with E-state index in [1.54, 1.807) is 4.68 Å². The van der Waals surface area contributed by atoms with Gasteiger partial charge in [0, 0.05) is 24.3 Å². The van der Waals surface area contributed by atoms with Crippen LogP contribution < -0.4 is 0 Å². The highest BCUT2D eigenvalue weighted by molar-refractivity contribution is 5.77. The summed E-state index contributed by atoms with van der Waals surface area (Å²) < 4.78 is 3.86. The lowest BCUT2D eigenvalue weighted by Gasteiger charge is -2.09. The second-order valence-corrected chi connectivity index (χ2v) is 5.44. The highest BCUT2D eigenvalue weighted by Crippen LogP contribution is 2.24. The summed E-state index contributed by atoms with van der Waals surface area (Å²) in [5.41, 5.74) is 6.54. The summed E-state index contributed by atoms with van der Waals surface area (Å²) >= 11 is 0. The van der Waals surface area contributed by atoms with E-state index in [1.807, 2.05) is 20.2 Å². The van der Waals surface area contributed by atoms with Crippen molar-refractivity contribution >= 4 is 11.0 Å². The van der Waals surface area contributed by atoms with Gasteiger partial charge in [0.2, 0.25) is 0 Å². The van der Waals surface area contributed by atoms with Crippen molar-refractivity contribution in [1.82, 2.24) is 24.5 Å². The van der Waals surface area contributed by atoms with Crippen LogP contribution in [0.25, 0.3) is 16.7 Å². The third kappa shape index (κ3) is 2.13. The van der Waals surface area contributed by atoms with E-state index < -0.39 is 0 Å². The molecule has 0 fully saturated rings. The zero-order valence-electron chi connectivity index (χ0n) is 13.3. The Bertz CT molecular complexity index is 810. The first kappa shape index (κ1) is 13.8. The monoisotopic (exact) mass is 283 g/mol. The molecule has 0 saturated heterocycles. The normalized spacial score (nSPS) is 11.5. The van der Waals surface area contributed by atoms with E-state index in [1.165, 1.54) is 11.3 Å². The summed E-state index contributed by atoms with van der Waals surface area (Å²) in [5, 5.41) is 10.2. The summed E-state index contributed by atoms with van der Waals surface area (Å²) in [5.74, 6) is 0. The first-order valence-electron chi connectivity index (χ1n) is 7.43. The molecule has 5 nitrogen and oxygen atoms in total. The summed E-state index contributed by atoms with van der Waals surface area (Å²) in [6.07, 6.45) is 3.97. The van der Waals surface area contributed by atoms with E-state index in [0.29, 0.717) is 0 Å². The molecule has 0 unspecified atom stereocenters. The molecule has 21 heavy (non-hydrogen) atoms. The van der Waals surface area contributed by atoms with Crippen LogP contribution in [0.2, 0.25) is 0 Å². The fourth-order valence-electron chi connectivity index (χ4n) is 3.00. The lowest BCUT2D eigenvalue weighted by Crippen LogP contribution is -2.05. The van der Waals surface area contributed by atoms with E-state index in [4.69, 9.17) is 5.10 Å². The minimum Gasteiger partial charge on any atom is -0.273 e. The van der Waals surface area contributed by atoms with Crippen molar-refractivity contribution in [3.05, 3.63) is 34.9 Å². The van der Waals surface area contributed by atoms with E-state index in [9.17, 15) is 0 Å². The zero-order chi connectivity index (χ0) is 15.1. The standard InChI is InChI=1S/C16H21N5/c1-6-13-10(3)18-21(14(13)7-2)15-8-12-9-20(5)19-16(12)17-11(15)4/h8-9H,6-7H2,1-5H3. The Hall–Kier alpha value is -2.17. The maximum atomic E-state index is 4.75. The van der Waals surface area contributed by atoms with E-state index in [0.717, 1.165) is 41.0 Å². The largest absolute Gasteiger partial charge is 0.273 e. The van der Waals surface area contributed by atoms with Crippen LogP contribution in [0.4, 0.5) is 0 Å². The number of rotatable bonds is 3. The molecule has 0 saturated carbocycles. The Morgan fingerprint density at radius 3 is 2.48 bits per heavy atom. The van der Waals surface area contributed by atoms with Gasteiger partial charge in [-0.3, -0.25) is 4.68 Å². The second kappa shape index (κ2) is 4.98. The zero-order valence-corrected chi connectivity index (χ0v) is 13.3. The van der Waals surface area contributed by atoms with Gasteiger partial charge in [0.25, 0.3) is 0 Å². The molecule has 3 heterocycles. The first-order valence-corrected chi connectivity index (χ1v) is 7.43. The molecule has 0 spiro atoms. The summed E-state index contributed by atoms with van der Waals surface area (Å²) in [4.78, 5) is 4.62. The van der Waals surface area contributed by atoms with Crippen LogP contribution >= 0.6 is 0 Å². The van der Waals surface area contributed by atoms with E-state index in [-0.39, 0.29) is 0 Å². The number of pyridine rings is 1. The van der Waals surface area contributed by atoms with Crippen molar-refractivity contribution in [2.75, 3.05) is 0 Å². The number of aryl methyl sites for hydroxylation is 3. The van der Waals surface area contributed by atoms with Gasteiger partial charge in [0.1, 0.15) is 0 Å². The van der Waals surface area contributed by atoms with Crippen LogP contribution in [-0.4, -0.2) is 24.5 Å². The minimum absolute atomic E-state index is 0.788. The van der Waals surface area contributed by atoms with Gasteiger partial charge >= 0.3 is 0 Å². The van der Waals surface area contributed by atoms with Gasteiger partial charge in [-0.1, -0.05) is 13.8 Å². The molecular formula is C16H21N5. The van der Waals surface area contributed by atoms with Crippen molar-refractivity contribution in [3.8, 4) is 5.69 Å². The van der Waals surface area contributed by atoms with Crippen molar-refractivity contribution in [2.24, 2.45) is 7.05 Å². The fourth-order valence-corrected chi connectivity index (χ4v) is 3.00. The molecular weight excluding hydrogens is 262 g/mol. The maximum Gasteiger partial charge on any atom is 0.181 e. The van der Waals surface area contributed by atoms with Gasteiger partial charge in [-0.25, -0.2) is 9.67 Å². The molecule has 3 aromatic heterocycles. The van der Waals surface area contributed by atoms with Crippen LogP contribution in [0.5, 0.6) is 0 Å². The number of fused-ring (bicyclic) bond motifs is 1. The van der Waals surface area contributed by atoms with Gasteiger partial charge in [-0.2, -0.15) is 10.2 Å². The Kier molecular flexibility index (Phi) is 3.27.